The van der Waals surface area contributed by atoms with Crippen molar-refractivity contribution in [2.45, 2.75) is 56.7 Å². The molecule has 0 bridgehead atoms. The Morgan fingerprint density at radius 1 is 1.03 bits per heavy atom. The smallest absolute Gasteiger partial charge is 0.333 e. The second-order valence-electron chi connectivity index (χ2n) is 9.91. The maximum Gasteiger partial charge on any atom is 0.333 e. The summed E-state index contributed by atoms with van der Waals surface area (Å²) in [5.74, 6) is 0.952. The first-order valence-electron chi connectivity index (χ1n) is 12.7. The second-order valence-corrected chi connectivity index (χ2v) is 11.6. The van der Waals surface area contributed by atoms with Gasteiger partial charge in [-0.1, -0.05) is 11.6 Å². The fraction of sp³-hybridized carbons (Fsp3) is 0.423. The molecule has 0 radical (unpaired) electrons. The van der Waals surface area contributed by atoms with E-state index in [1.807, 2.05) is 11.8 Å². The minimum absolute atomic E-state index is 0.0769. The number of nitrogens with one attached hydrogen (secondary N) is 1. The highest BCUT2D eigenvalue weighted by molar-refractivity contribution is 7.99. The van der Waals surface area contributed by atoms with Gasteiger partial charge in [0.1, 0.15) is 22.8 Å². The Bertz CT molecular complexity index is 1650. The highest BCUT2D eigenvalue weighted by Crippen LogP contribution is 2.30. The molecule has 5 heterocycles. The van der Waals surface area contributed by atoms with E-state index < -0.39 is 11.4 Å². The predicted octanol–water partition coefficient (Wildman–Crippen LogP) is 3.98. The molecule has 2 aliphatic rings. The van der Waals surface area contributed by atoms with Gasteiger partial charge in [-0.3, -0.25) is 18.7 Å². The lowest BCUT2D eigenvalue weighted by molar-refractivity contribution is 0.0917. The zero-order valence-electron chi connectivity index (χ0n) is 20.5. The predicted molar refractivity (Wildman–Crippen MR) is 145 cm³/mol. The van der Waals surface area contributed by atoms with Gasteiger partial charge in [-0.15, -0.1) is 0 Å². The van der Waals surface area contributed by atoms with Crippen molar-refractivity contribution in [3.05, 3.63) is 74.2 Å². The van der Waals surface area contributed by atoms with Crippen molar-refractivity contribution in [2.24, 2.45) is 0 Å². The van der Waals surface area contributed by atoms with E-state index in [1.54, 1.807) is 33.5 Å². The van der Waals surface area contributed by atoms with Crippen LogP contribution in [0.5, 0.6) is 0 Å². The normalized spacial score (nSPS) is 20.7. The summed E-state index contributed by atoms with van der Waals surface area (Å²) in [6.45, 7) is 0. The molecule has 0 aromatic carbocycles. The Balaban J connectivity index is 1.24. The van der Waals surface area contributed by atoms with Crippen LogP contribution in [-0.2, 0) is 0 Å². The van der Waals surface area contributed by atoms with E-state index in [9.17, 15) is 18.8 Å². The van der Waals surface area contributed by atoms with Crippen LogP contribution in [-0.4, -0.2) is 47.0 Å². The lowest BCUT2D eigenvalue weighted by atomic mass is 9.90. The molecule has 1 N–H and O–H groups in total. The van der Waals surface area contributed by atoms with Crippen molar-refractivity contribution in [2.75, 3.05) is 11.5 Å². The summed E-state index contributed by atoms with van der Waals surface area (Å²) in [5, 5.41) is 3.71. The van der Waals surface area contributed by atoms with E-state index in [0.29, 0.717) is 42.0 Å². The number of fused-ring (bicyclic) bond motifs is 2. The molecule has 12 heteroatoms. The van der Waals surface area contributed by atoms with Crippen LogP contribution < -0.4 is 16.6 Å². The molecule has 2 fully saturated rings. The Labute approximate surface area is 226 Å². The number of imidazole rings is 1. The first-order valence-corrected chi connectivity index (χ1v) is 14.3. The number of pyridine rings is 2. The van der Waals surface area contributed by atoms with Crippen LogP contribution >= 0.6 is 23.4 Å². The van der Waals surface area contributed by atoms with E-state index in [4.69, 9.17) is 11.6 Å². The van der Waals surface area contributed by atoms with Gasteiger partial charge < -0.3 is 9.72 Å². The molecule has 4 aromatic rings. The lowest BCUT2D eigenvalue weighted by Gasteiger charge is -2.31. The third-order valence-electron chi connectivity index (χ3n) is 7.52. The largest absolute Gasteiger partial charge is 0.348 e. The number of nitrogens with zero attached hydrogens (tertiary/aromatic N) is 5. The molecule has 1 saturated carbocycles. The number of carbonyl (C=O) groups is 1. The van der Waals surface area contributed by atoms with Gasteiger partial charge in [-0.2, -0.15) is 11.8 Å². The van der Waals surface area contributed by atoms with Crippen molar-refractivity contribution in [1.29, 1.82) is 0 Å². The van der Waals surface area contributed by atoms with Gasteiger partial charge >= 0.3 is 5.69 Å². The molecule has 0 atom stereocenters. The maximum atomic E-state index is 14.1. The standard InChI is InChI=1S/C26H26ClFN6O3S/c27-15-1-6-22-31-21(14-32(22)13-15)24(35)30-17-2-4-18(5-3-17)34-25(36)20-11-16(28)12-29-23(20)33(26(34)37)19-7-9-38-10-8-19/h1,6,11-14,17-19H,2-5,7-10H2,(H,30,35). The van der Waals surface area contributed by atoms with Crippen molar-refractivity contribution < 1.29 is 9.18 Å². The topological polar surface area (TPSA) is 103 Å². The van der Waals surface area contributed by atoms with Crippen molar-refractivity contribution in [1.82, 2.24) is 28.8 Å². The van der Waals surface area contributed by atoms with Crippen LogP contribution in [0.1, 0.15) is 61.1 Å². The Kier molecular flexibility index (Phi) is 6.73. The summed E-state index contributed by atoms with van der Waals surface area (Å²) in [7, 11) is 0. The third-order valence-corrected chi connectivity index (χ3v) is 8.80. The van der Waals surface area contributed by atoms with E-state index in [2.05, 4.69) is 15.3 Å². The van der Waals surface area contributed by atoms with Crippen LogP contribution in [0, 0.1) is 5.82 Å². The molecule has 4 aromatic heterocycles. The number of amides is 1. The van der Waals surface area contributed by atoms with E-state index in [-0.39, 0.29) is 40.8 Å². The zero-order chi connectivity index (χ0) is 26.4. The molecular formula is C26H26ClFN6O3S. The monoisotopic (exact) mass is 556 g/mol. The molecule has 0 unspecified atom stereocenters. The van der Waals surface area contributed by atoms with Crippen molar-refractivity contribution in [3.8, 4) is 0 Å². The fourth-order valence-corrected chi connectivity index (χ4v) is 6.86. The van der Waals surface area contributed by atoms with E-state index in [0.717, 1.165) is 30.5 Å². The first-order chi connectivity index (χ1) is 18.4. The Morgan fingerprint density at radius 3 is 2.53 bits per heavy atom. The van der Waals surface area contributed by atoms with Crippen molar-refractivity contribution >= 4 is 46.0 Å². The van der Waals surface area contributed by atoms with Gasteiger partial charge in [0, 0.05) is 30.5 Å². The minimum Gasteiger partial charge on any atom is -0.348 e. The summed E-state index contributed by atoms with van der Waals surface area (Å²) in [4.78, 5) is 48.6. The number of hydrogen-bond acceptors (Lipinski definition) is 6. The summed E-state index contributed by atoms with van der Waals surface area (Å²) in [6, 6.07) is 4.12. The highest BCUT2D eigenvalue weighted by atomic mass is 35.5. The van der Waals surface area contributed by atoms with Crippen LogP contribution in [0.4, 0.5) is 4.39 Å². The Morgan fingerprint density at radius 2 is 1.76 bits per heavy atom. The quantitative estimate of drug-likeness (QED) is 0.408. The van der Waals surface area contributed by atoms with Crippen LogP contribution in [0.3, 0.4) is 0 Å². The van der Waals surface area contributed by atoms with Gasteiger partial charge in [0.25, 0.3) is 11.5 Å². The van der Waals surface area contributed by atoms with Gasteiger partial charge in [0.2, 0.25) is 0 Å². The molecule has 1 aliphatic carbocycles. The minimum atomic E-state index is -0.605. The molecular weight excluding hydrogens is 531 g/mol. The van der Waals surface area contributed by atoms with Gasteiger partial charge in [0.15, 0.2) is 0 Å². The number of rotatable bonds is 4. The zero-order valence-corrected chi connectivity index (χ0v) is 22.1. The van der Waals surface area contributed by atoms with E-state index in [1.165, 1.54) is 10.6 Å². The molecule has 1 aliphatic heterocycles. The number of thioether (sulfide) groups is 1. The maximum absolute atomic E-state index is 14.1. The number of aromatic nitrogens is 5. The fourth-order valence-electron chi connectivity index (χ4n) is 5.61. The van der Waals surface area contributed by atoms with Crippen LogP contribution in [0.25, 0.3) is 16.7 Å². The van der Waals surface area contributed by atoms with Crippen LogP contribution in [0.2, 0.25) is 5.02 Å². The van der Waals surface area contributed by atoms with Crippen molar-refractivity contribution in [3.63, 3.8) is 0 Å². The number of hydrogen-bond donors (Lipinski definition) is 1. The summed E-state index contributed by atoms with van der Waals surface area (Å²) < 4.78 is 18.7. The molecule has 38 heavy (non-hydrogen) atoms. The van der Waals surface area contributed by atoms with E-state index >= 15 is 0 Å². The molecule has 1 saturated heterocycles. The average molecular weight is 557 g/mol. The highest BCUT2D eigenvalue weighted by Gasteiger charge is 2.30. The third kappa shape index (κ3) is 4.62. The van der Waals surface area contributed by atoms with Crippen LogP contribution in [0.15, 0.2) is 46.4 Å². The van der Waals surface area contributed by atoms with Gasteiger partial charge in [-0.05, 0) is 68.2 Å². The first kappa shape index (κ1) is 25.1. The molecule has 198 valence electrons. The average Bonchev–Trinajstić information content (AvgIpc) is 3.34. The number of halogens is 2. The Hall–Kier alpha value is -3.18. The molecule has 1 amide bonds. The number of carbonyl (C=O) groups excluding carboxylic acids is 1. The molecule has 9 nitrogen and oxygen atoms in total. The van der Waals surface area contributed by atoms with Gasteiger partial charge in [-0.25, -0.2) is 19.2 Å². The molecule has 6 rings (SSSR count). The summed E-state index contributed by atoms with van der Waals surface area (Å²) in [5.41, 5.74) is 0.286. The SMILES string of the molecule is O=C(NC1CCC(n2c(=O)c3cc(F)cnc3n(C3CCSCC3)c2=O)CC1)c1cn2cc(Cl)ccc2n1. The summed E-state index contributed by atoms with van der Waals surface area (Å²) in [6.07, 6.45) is 8.25. The summed E-state index contributed by atoms with van der Waals surface area (Å²) >= 11 is 7.86. The van der Waals surface area contributed by atoms with Gasteiger partial charge in [0.05, 0.1) is 16.6 Å². The second kappa shape index (κ2) is 10.2. The lowest BCUT2D eigenvalue weighted by Crippen LogP contribution is -2.46. The molecule has 0 spiro atoms.